The maximum atomic E-state index is 12.5. The number of hydrogen-bond donors (Lipinski definition) is 0. The number of benzene rings is 1. The van der Waals surface area contributed by atoms with Crippen molar-refractivity contribution >= 4 is 34.7 Å². The molecule has 0 heterocycles. The maximum Gasteiger partial charge on any atom is 0.422 e. The molecular weight excluding hydrogens is 545 g/mol. The number of ether oxygens (including phenoxy) is 2. The van der Waals surface area contributed by atoms with E-state index in [0.29, 0.717) is 18.4 Å². The molecule has 0 unspecified atom stereocenters. The van der Waals surface area contributed by atoms with Crippen molar-refractivity contribution in [2.45, 2.75) is 44.0 Å². The van der Waals surface area contributed by atoms with Gasteiger partial charge < -0.3 is 14.4 Å². The second-order valence-corrected chi connectivity index (χ2v) is 7.36. The molecule has 0 spiro atoms. The van der Waals surface area contributed by atoms with Crippen LogP contribution in [0.2, 0.25) is 0 Å². The predicted octanol–water partition coefficient (Wildman–Crippen LogP) is 4.16. The largest absolute Gasteiger partial charge is 0.449 e. The minimum Gasteiger partial charge on any atom is -0.449 e. The number of hydrogen-bond acceptors (Lipinski definition) is 6. The summed E-state index contributed by atoms with van der Waals surface area (Å²) in [5, 5.41) is -1.57. The highest BCUT2D eigenvalue weighted by atomic mass is 35.5. The average Bonchev–Trinajstić information content (AvgIpc) is 3.58. The summed E-state index contributed by atoms with van der Waals surface area (Å²) in [5.74, 6) is -4.59. The van der Waals surface area contributed by atoms with E-state index >= 15 is 0 Å². The quantitative estimate of drug-likeness (QED) is 0.225. The molecule has 1 fully saturated rings. The van der Waals surface area contributed by atoms with Gasteiger partial charge in [0, 0.05) is 12.6 Å². The molecule has 0 aromatic heterocycles. The number of amides is 1. The Balaban J connectivity index is 0.000000497. The standard InChI is InChI=1S/C15H13F6NO3.C4H2ClF3O3/c16-14(17,18)8-25-13(24)12(23)22(11-5-6-11)7-9-1-3-10(4-2-9)15(19,20)21;5-2(9)3(10)11-1-4(6,7)8/h1-4,11H,5-8H2;1H2. The zero-order valence-corrected chi connectivity index (χ0v) is 18.4. The fourth-order valence-corrected chi connectivity index (χ4v) is 2.33. The summed E-state index contributed by atoms with van der Waals surface area (Å²) >= 11 is 4.48. The lowest BCUT2D eigenvalue weighted by Crippen LogP contribution is -2.39. The van der Waals surface area contributed by atoms with Crippen molar-refractivity contribution < 1.29 is 68.2 Å². The summed E-state index contributed by atoms with van der Waals surface area (Å²) in [5.41, 5.74) is -0.554. The first-order valence-electron chi connectivity index (χ1n) is 9.44. The minimum atomic E-state index is -4.76. The van der Waals surface area contributed by atoms with E-state index in [1.807, 2.05) is 0 Å². The van der Waals surface area contributed by atoms with E-state index in [1.165, 1.54) is 0 Å². The van der Waals surface area contributed by atoms with Gasteiger partial charge in [0.1, 0.15) is 0 Å². The molecule has 0 radical (unpaired) electrons. The molecule has 0 atom stereocenters. The minimum absolute atomic E-state index is 0.192. The van der Waals surface area contributed by atoms with E-state index in [-0.39, 0.29) is 12.6 Å². The van der Waals surface area contributed by atoms with Crippen LogP contribution in [0.25, 0.3) is 0 Å². The van der Waals surface area contributed by atoms with E-state index in [0.717, 1.165) is 29.2 Å². The Bertz CT molecular complexity index is 941. The normalized spacial score (nSPS) is 13.7. The fraction of sp³-hybridized carbons (Fsp3) is 0.474. The smallest absolute Gasteiger partial charge is 0.422 e. The summed E-state index contributed by atoms with van der Waals surface area (Å²) in [7, 11) is 0. The van der Waals surface area contributed by atoms with Crippen LogP contribution >= 0.6 is 11.6 Å². The van der Waals surface area contributed by atoms with E-state index < -0.39 is 60.4 Å². The van der Waals surface area contributed by atoms with Crippen LogP contribution in [0, 0.1) is 0 Å². The molecule has 0 saturated heterocycles. The molecule has 36 heavy (non-hydrogen) atoms. The number of nitrogens with zero attached hydrogens (tertiary/aromatic N) is 1. The summed E-state index contributed by atoms with van der Waals surface area (Å²) in [6, 6.07) is 3.60. The van der Waals surface area contributed by atoms with Crippen LogP contribution in [-0.2, 0) is 41.4 Å². The van der Waals surface area contributed by atoms with Crippen LogP contribution in [0.15, 0.2) is 24.3 Å². The molecule has 17 heteroatoms. The van der Waals surface area contributed by atoms with E-state index in [9.17, 15) is 58.7 Å². The predicted molar refractivity (Wildman–Crippen MR) is 99.9 cm³/mol. The molecule has 1 aliphatic carbocycles. The number of carbonyl (C=O) groups excluding carboxylic acids is 4. The molecule has 202 valence electrons. The molecule has 1 amide bonds. The Morgan fingerprint density at radius 1 is 0.806 bits per heavy atom. The molecule has 1 aromatic carbocycles. The van der Waals surface area contributed by atoms with Gasteiger partial charge >= 0.3 is 41.6 Å². The highest BCUT2D eigenvalue weighted by molar-refractivity contribution is 6.80. The van der Waals surface area contributed by atoms with E-state index in [2.05, 4.69) is 21.1 Å². The van der Waals surface area contributed by atoms with Gasteiger partial charge in [-0.1, -0.05) is 12.1 Å². The summed E-state index contributed by atoms with van der Waals surface area (Å²) in [6.07, 6.45) is -12.8. The van der Waals surface area contributed by atoms with Gasteiger partial charge in [0.2, 0.25) is 0 Å². The Labute approximate surface area is 201 Å². The third kappa shape index (κ3) is 12.1. The van der Waals surface area contributed by atoms with Gasteiger partial charge in [0.15, 0.2) is 13.2 Å². The fourth-order valence-electron chi connectivity index (χ4n) is 2.28. The highest BCUT2D eigenvalue weighted by Gasteiger charge is 2.38. The van der Waals surface area contributed by atoms with Crippen molar-refractivity contribution in [1.82, 2.24) is 4.90 Å². The summed E-state index contributed by atoms with van der Waals surface area (Å²) in [6.45, 7) is -3.87. The second kappa shape index (κ2) is 12.3. The Morgan fingerprint density at radius 3 is 1.61 bits per heavy atom. The number of alkyl halides is 9. The van der Waals surface area contributed by atoms with Crippen LogP contribution in [0.4, 0.5) is 39.5 Å². The van der Waals surface area contributed by atoms with Crippen molar-refractivity contribution in [3.63, 3.8) is 0 Å². The molecule has 2 rings (SSSR count). The zero-order chi connectivity index (χ0) is 27.9. The zero-order valence-electron chi connectivity index (χ0n) is 17.6. The van der Waals surface area contributed by atoms with Crippen LogP contribution in [0.3, 0.4) is 0 Å². The van der Waals surface area contributed by atoms with Crippen LogP contribution in [0.5, 0.6) is 0 Å². The number of esters is 2. The lowest BCUT2D eigenvalue weighted by molar-refractivity contribution is -0.189. The lowest BCUT2D eigenvalue weighted by Gasteiger charge is -2.22. The van der Waals surface area contributed by atoms with Gasteiger partial charge in [0.05, 0.1) is 5.56 Å². The molecule has 7 nitrogen and oxygen atoms in total. The van der Waals surface area contributed by atoms with E-state index in [1.54, 1.807) is 0 Å². The third-order valence-electron chi connectivity index (χ3n) is 3.95. The maximum absolute atomic E-state index is 12.5. The molecule has 0 N–H and O–H groups in total. The van der Waals surface area contributed by atoms with Crippen LogP contribution < -0.4 is 0 Å². The SMILES string of the molecule is O=C(Cl)C(=O)OCC(F)(F)F.O=C(OCC(F)(F)F)C(=O)N(Cc1ccc(C(F)(F)F)cc1)C1CC1. The van der Waals surface area contributed by atoms with Crippen LogP contribution in [0.1, 0.15) is 24.0 Å². The van der Waals surface area contributed by atoms with Gasteiger partial charge in [-0.3, -0.25) is 9.59 Å². The first kappa shape index (κ1) is 31.0. The molecule has 1 aromatic rings. The van der Waals surface area contributed by atoms with Gasteiger partial charge in [-0.05, 0) is 42.1 Å². The molecular formula is C19H15ClF9NO6. The third-order valence-corrected chi connectivity index (χ3v) is 4.11. The lowest BCUT2D eigenvalue weighted by atomic mass is 10.1. The van der Waals surface area contributed by atoms with Crippen molar-refractivity contribution in [2.75, 3.05) is 13.2 Å². The van der Waals surface area contributed by atoms with Crippen molar-refractivity contribution in [1.29, 1.82) is 0 Å². The average molecular weight is 560 g/mol. The Hall–Kier alpha value is -3.04. The van der Waals surface area contributed by atoms with Crippen molar-refractivity contribution in [3.8, 4) is 0 Å². The second-order valence-electron chi connectivity index (χ2n) is 7.02. The summed E-state index contributed by atoms with van der Waals surface area (Å²) < 4.78 is 115. The summed E-state index contributed by atoms with van der Waals surface area (Å²) in [4.78, 5) is 44.2. The molecule has 1 aliphatic rings. The van der Waals surface area contributed by atoms with Gasteiger partial charge in [-0.25, -0.2) is 9.59 Å². The number of halogens is 10. The Kier molecular flexibility index (Phi) is 10.6. The molecule has 0 aliphatic heterocycles. The van der Waals surface area contributed by atoms with E-state index in [4.69, 9.17) is 0 Å². The molecule has 0 bridgehead atoms. The first-order valence-corrected chi connectivity index (χ1v) is 9.82. The van der Waals surface area contributed by atoms with Gasteiger partial charge in [-0.2, -0.15) is 39.5 Å². The van der Waals surface area contributed by atoms with Crippen molar-refractivity contribution in [2.24, 2.45) is 0 Å². The van der Waals surface area contributed by atoms with Gasteiger partial charge in [-0.15, -0.1) is 0 Å². The van der Waals surface area contributed by atoms with Crippen molar-refractivity contribution in [3.05, 3.63) is 35.4 Å². The number of rotatable bonds is 6. The highest BCUT2D eigenvalue weighted by Crippen LogP contribution is 2.31. The van der Waals surface area contributed by atoms with Crippen LogP contribution in [-0.4, -0.2) is 59.6 Å². The van der Waals surface area contributed by atoms with Gasteiger partial charge in [0.25, 0.3) is 0 Å². The Morgan fingerprint density at radius 2 is 1.25 bits per heavy atom. The first-order chi connectivity index (χ1) is 16.3. The molecule has 1 saturated carbocycles. The monoisotopic (exact) mass is 559 g/mol. The topological polar surface area (TPSA) is 90.0 Å². The number of carbonyl (C=O) groups is 4.